The van der Waals surface area contributed by atoms with E-state index in [4.69, 9.17) is 11.6 Å². The molecule has 0 fully saturated rings. The minimum atomic E-state index is 0.754. The first-order valence-electron chi connectivity index (χ1n) is 5.99. The number of hydrogen-bond acceptors (Lipinski definition) is 1. The van der Waals surface area contributed by atoms with Gasteiger partial charge in [0.15, 0.2) is 0 Å². The van der Waals surface area contributed by atoms with Crippen LogP contribution in [0.4, 0.5) is 0 Å². The lowest BCUT2D eigenvalue weighted by Gasteiger charge is -2.04. The molecule has 3 rings (SSSR count). The summed E-state index contributed by atoms with van der Waals surface area (Å²) in [7, 11) is 0. The molecular formula is C14H14ClN3. The fourth-order valence-electron chi connectivity index (χ4n) is 2.30. The first-order valence-corrected chi connectivity index (χ1v) is 6.37. The normalized spacial score (nSPS) is 11.3. The van der Waals surface area contributed by atoms with Crippen LogP contribution in [-0.4, -0.2) is 14.3 Å². The van der Waals surface area contributed by atoms with E-state index in [2.05, 4.69) is 29.6 Å². The molecule has 3 nitrogen and oxygen atoms in total. The van der Waals surface area contributed by atoms with Gasteiger partial charge in [-0.15, -0.1) is 0 Å². The van der Waals surface area contributed by atoms with Crippen molar-refractivity contribution in [3.8, 4) is 5.69 Å². The van der Waals surface area contributed by atoms with Crippen molar-refractivity contribution in [1.29, 1.82) is 0 Å². The summed E-state index contributed by atoms with van der Waals surface area (Å²) in [5, 5.41) is 6.27. The molecule has 0 amide bonds. The van der Waals surface area contributed by atoms with Crippen LogP contribution in [0.1, 0.15) is 12.6 Å². The van der Waals surface area contributed by atoms with Crippen molar-refractivity contribution in [1.82, 2.24) is 14.3 Å². The van der Waals surface area contributed by atoms with Crippen molar-refractivity contribution in [2.75, 3.05) is 0 Å². The van der Waals surface area contributed by atoms with E-state index in [1.807, 2.05) is 35.3 Å². The second-order valence-electron chi connectivity index (χ2n) is 4.38. The van der Waals surface area contributed by atoms with Crippen LogP contribution < -0.4 is 0 Å². The lowest BCUT2D eigenvalue weighted by Crippen LogP contribution is -1.95. The van der Waals surface area contributed by atoms with Gasteiger partial charge < -0.3 is 4.57 Å². The van der Waals surface area contributed by atoms with Crippen molar-refractivity contribution in [2.45, 2.75) is 20.4 Å². The minimum Gasteiger partial charge on any atom is -0.311 e. The van der Waals surface area contributed by atoms with E-state index in [1.165, 1.54) is 11.1 Å². The Morgan fingerprint density at radius 2 is 2.11 bits per heavy atom. The van der Waals surface area contributed by atoms with E-state index < -0.39 is 0 Å². The van der Waals surface area contributed by atoms with E-state index in [0.717, 1.165) is 22.8 Å². The van der Waals surface area contributed by atoms with Gasteiger partial charge in [-0.25, -0.2) is 0 Å². The molecule has 0 unspecified atom stereocenters. The Morgan fingerprint density at radius 3 is 2.83 bits per heavy atom. The fraction of sp³-hybridized carbons (Fsp3) is 0.214. The van der Waals surface area contributed by atoms with Crippen LogP contribution in [0, 0.1) is 6.92 Å². The number of fused-ring (bicyclic) bond motifs is 1. The topological polar surface area (TPSA) is 22.8 Å². The lowest BCUT2D eigenvalue weighted by atomic mass is 10.2. The second-order valence-corrected chi connectivity index (χ2v) is 4.81. The maximum Gasteiger partial charge on any atom is 0.0840 e. The van der Waals surface area contributed by atoms with Gasteiger partial charge in [-0.05, 0) is 32.0 Å². The van der Waals surface area contributed by atoms with Gasteiger partial charge in [0.1, 0.15) is 0 Å². The zero-order chi connectivity index (χ0) is 12.7. The SMILES string of the molecule is CCn1cc(-n2c(C)cc3ccc(Cl)cc32)cn1. The third-order valence-corrected chi connectivity index (χ3v) is 3.39. The maximum absolute atomic E-state index is 6.09. The number of rotatable bonds is 2. The zero-order valence-corrected chi connectivity index (χ0v) is 11.1. The van der Waals surface area contributed by atoms with Crippen LogP contribution in [0.3, 0.4) is 0 Å². The van der Waals surface area contributed by atoms with Crippen LogP contribution in [-0.2, 0) is 6.54 Å². The molecule has 4 heteroatoms. The molecule has 0 saturated heterocycles. The number of halogens is 1. The molecule has 0 spiro atoms. The monoisotopic (exact) mass is 259 g/mol. The van der Waals surface area contributed by atoms with Gasteiger partial charge in [-0.1, -0.05) is 17.7 Å². The van der Waals surface area contributed by atoms with Crippen molar-refractivity contribution in [2.24, 2.45) is 0 Å². The lowest BCUT2D eigenvalue weighted by molar-refractivity contribution is 0.659. The summed E-state index contributed by atoms with van der Waals surface area (Å²) in [4.78, 5) is 0. The maximum atomic E-state index is 6.09. The number of hydrogen-bond donors (Lipinski definition) is 0. The smallest absolute Gasteiger partial charge is 0.0840 e. The second kappa shape index (κ2) is 4.18. The molecule has 0 atom stereocenters. The fourth-order valence-corrected chi connectivity index (χ4v) is 2.46. The Kier molecular flexibility index (Phi) is 2.63. The number of nitrogens with zero attached hydrogens (tertiary/aromatic N) is 3. The predicted molar refractivity (Wildman–Crippen MR) is 74.5 cm³/mol. The first-order chi connectivity index (χ1) is 8.69. The molecule has 0 saturated carbocycles. The highest BCUT2D eigenvalue weighted by molar-refractivity contribution is 6.31. The Morgan fingerprint density at radius 1 is 1.28 bits per heavy atom. The molecule has 18 heavy (non-hydrogen) atoms. The summed E-state index contributed by atoms with van der Waals surface area (Å²) in [6.07, 6.45) is 3.93. The average molecular weight is 260 g/mol. The molecule has 92 valence electrons. The molecule has 0 aliphatic carbocycles. The third-order valence-electron chi connectivity index (χ3n) is 3.15. The van der Waals surface area contributed by atoms with Gasteiger partial charge >= 0.3 is 0 Å². The van der Waals surface area contributed by atoms with Crippen molar-refractivity contribution in [3.63, 3.8) is 0 Å². The summed E-state index contributed by atoms with van der Waals surface area (Å²) in [5.41, 5.74) is 3.38. The van der Waals surface area contributed by atoms with E-state index in [0.29, 0.717) is 0 Å². The standard InChI is InChI=1S/C14H14ClN3/c1-3-17-9-13(8-16-17)18-10(2)6-11-4-5-12(15)7-14(11)18/h4-9H,3H2,1-2H3. The van der Waals surface area contributed by atoms with Crippen molar-refractivity contribution >= 4 is 22.5 Å². The molecular weight excluding hydrogens is 246 g/mol. The number of aromatic nitrogens is 3. The molecule has 0 bridgehead atoms. The quantitative estimate of drug-likeness (QED) is 0.686. The van der Waals surface area contributed by atoms with E-state index >= 15 is 0 Å². The van der Waals surface area contributed by atoms with E-state index in [-0.39, 0.29) is 0 Å². The van der Waals surface area contributed by atoms with Crippen LogP contribution in [0.5, 0.6) is 0 Å². The van der Waals surface area contributed by atoms with E-state index in [1.54, 1.807) is 0 Å². The molecule has 0 N–H and O–H groups in total. The van der Waals surface area contributed by atoms with Crippen LogP contribution >= 0.6 is 11.6 Å². The average Bonchev–Trinajstić information content (AvgIpc) is 2.92. The minimum absolute atomic E-state index is 0.754. The molecule has 1 aromatic carbocycles. The third kappa shape index (κ3) is 1.71. The Hall–Kier alpha value is -1.74. The number of aryl methyl sites for hydroxylation is 2. The molecule has 0 aliphatic rings. The van der Waals surface area contributed by atoms with Gasteiger partial charge in [0.25, 0.3) is 0 Å². The Balaban J connectivity index is 2.26. The molecule has 3 aromatic rings. The number of benzene rings is 1. The highest BCUT2D eigenvalue weighted by atomic mass is 35.5. The molecule has 0 aliphatic heterocycles. The largest absolute Gasteiger partial charge is 0.311 e. The zero-order valence-electron chi connectivity index (χ0n) is 10.4. The summed E-state index contributed by atoms with van der Waals surface area (Å²) in [6.45, 7) is 5.05. The highest BCUT2D eigenvalue weighted by Crippen LogP contribution is 2.26. The van der Waals surface area contributed by atoms with Gasteiger partial charge in [0, 0.05) is 28.8 Å². The van der Waals surface area contributed by atoms with Gasteiger partial charge in [0.05, 0.1) is 17.4 Å². The van der Waals surface area contributed by atoms with Crippen molar-refractivity contribution in [3.05, 3.63) is 47.4 Å². The van der Waals surface area contributed by atoms with Gasteiger partial charge in [0.2, 0.25) is 0 Å². The van der Waals surface area contributed by atoms with Gasteiger partial charge in [-0.3, -0.25) is 4.68 Å². The predicted octanol–water partition coefficient (Wildman–Crippen LogP) is 3.81. The molecule has 2 heterocycles. The van der Waals surface area contributed by atoms with Crippen LogP contribution in [0.15, 0.2) is 36.7 Å². The van der Waals surface area contributed by atoms with Gasteiger partial charge in [-0.2, -0.15) is 5.10 Å². The summed E-state index contributed by atoms with van der Waals surface area (Å²) in [6, 6.07) is 8.12. The summed E-state index contributed by atoms with van der Waals surface area (Å²) >= 11 is 6.09. The summed E-state index contributed by atoms with van der Waals surface area (Å²) in [5.74, 6) is 0. The van der Waals surface area contributed by atoms with Crippen LogP contribution in [0.2, 0.25) is 5.02 Å². The highest BCUT2D eigenvalue weighted by Gasteiger charge is 2.09. The van der Waals surface area contributed by atoms with Crippen LogP contribution in [0.25, 0.3) is 16.6 Å². The summed E-state index contributed by atoms with van der Waals surface area (Å²) < 4.78 is 4.10. The molecule has 2 aromatic heterocycles. The molecule has 0 radical (unpaired) electrons. The van der Waals surface area contributed by atoms with E-state index in [9.17, 15) is 0 Å². The van der Waals surface area contributed by atoms with Crippen molar-refractivity contribution < 1.29 is 0 Å². The Bertz CT molecular complexity index is 709. The Labute approximate surface area is 111 Å². The first kappa shape index (κ1) is 11.4.